The first-order chi connectivity index (χ1) is 12.8. The number of ether oxygens (including phenoxy) is 1. The summed E-state index contributed by atoms with van der Waals surface area (Å²) < 4.78 is 4.98. The largest absolute Gasteiger partial charge is 0.455 e. The molecule has 0 aliphatic carbocycles. The quantitative estimate of drug-likeness (QED) is 0.321. The lowest BCUT2D eigenvalue weighted by molar-refractivity contribution is -0.387. The first kappa shape index (κ1) is 20.7. The molecule has 1 aromatic rings. The summed E-state index contributed by atoms with van der Waals surface area (Å²) >= 11 is 0.898. The molecule has 0 unspecified atom stereocenters. The number of primary amides is 1. The molecule has 2 amide bonds. The van der Waals surface area contributed by atoms with E-state index >= 15 is 0 Å². The zero-order valence-electron chi connectivity index (χ0n) is 14.9. The fraction of sp³-hybridized carbons (Fsp3) is 0.471. The van der Waals surface area contributed by atoms with Crippen LogP contribution < -0.4 is 5.73 Å². The average Bonchev–Trinajstić information content (AvgIpc) is 2.64. The van der Waals surface area contributed by atoms with Crippen LogP contribution in [0, 0.1) is 16.0 Å². The molecule has 9 nitrogen and oxygen atoms in total. The number of benzene rings is 1. The Labute approximate surface area is 160 Å². The molecule has 1 atom stereocenters. The average molecular weight is 395 g/mol. The SMILES string of the molecule is C[C@H]1CCCN(C(=O)COC(=O)CSc2ccc(C(N)=O)cc2[N+](=O)[O-])C1. The van der Waals surface area contributed by atoms with Crippen LogP contribution in [0.3, 0.4) is 0 Å². The molecule has 0 aromatic heterocycles. The number of nitro benzene ring substituents is 1. The summed E-state index contributed by atoms with van der Waals surface area (Å²) in [5.74, 6) is -1.43. The summed E-state index contributed by atoms with van der Waals surface area (Å²) in [6.45, 7) is 3.05. The summed E-state index contributed by atoms with van der Waals surface area (Å²) in [5, 5.41) is 11.1. The van der Waals surface area contributed by atoms with Crippen LogP contribution in [0.2, 0.25) is 0 Å². The van der Waals surface area contributed by atoms with Gasteiger partial charge in [-0.05, 0) is 30.9 Å². The Hall–Kier alpha value is -2.62. The first-order valence-corrected chi connectivity index (χ1v) is 9.41. The molecule has 0 saturated carbocycles. The molecule has 2 rings (SSSR count). The fourth-order valence-corrected chi connectivity index (χ4v) is 3.57. The van der Waals surface area contributed by atoms with Gasteiger partial charge in [-0.25, -0.2) is 0 Å². The Kier molecular flexibility index (Phi) is 7.17. The van der Waals surface area contributed by atoms with E-state index in [0.29, 0.717) is 19.0 Å². The third-order valence-corrected chi connectivity index (χ3v) is 5.19. The molecule has 1 aromatic carbocycles. The number of amides is 2. The van der Waals surface area contributed by atoms with Crippen molar-refractivity contribution >= 4 is 35.2 Å². The molecular formula is C17H21N3O6S. The zero-order valence-corrected chi connectivity index (χ0v) is 15.7. The highest BCUT2D eigenvalue weighted by atomic mass is 32.2. The van der Waals surface area contributed by atoms with Gasteiger partial charge in [0.2, 0.25) is 5.91 Å². The summed E-state index contributed by atoms with van der Waals surface area (Å²) in [4.78, 5) is 47.4. The van der Waals surface area contributed by atoms with Crippen molar-refractivity contribution in [1.29, 1.82) is 0 Å². The number of likely N-dealkylation sites (tertiary alicyclic amines) is 1. The van der Waals surface area contributed by atoms with Crippen molar-refractivity contribution in [2.45, 2.75) is 24.7 Å². The van der Waals surface area contributed by atoms with Gasteiger partial charge in [-0.1, -0.05) is 6.92 Å². The molecule has 27 heavy (non-hydrogen) atoms. The Morgan fingerprint density at radius 3 is 2.78 bits per heavy atom. The molecule has 2 N–H and O–H groups in total. The molecule has 0 bridgehead atoms. The highest BCUT2D eigenvalue weighted by Gasteiger charge is 2.22. The molecule has 146 valence electrons. The third-order valence-electron chi connectivity index (χ3n) is 4.15. The highest BCUT2D eigenvalue weighted by Crippen LogP contribution is 2.30. The van der Waals surface area contributed by atoms with Gasteiger partial charge >= 0.3 is 5.97 Å². The Balaban J connectivity index is 1.87. The number of thioether (sulfide) groups is 1. The van der Waals surface area contributed by atoms with Crippen LogP contribution in [-0.2, 0) is 14.3 Å². The molecule has 1 fully saturated rings. The van der Waals surface area contributed by atoms with Crippen LogP contribution in [0.5, 0.6) is 0 Å². The van der Waals surface area contributed by atoms with Crippen LogP contribution >= 0.6 is 11.8 Å². The van der Waals surface area contributed by atoms with E-state index in [-0.39, 0.29) is 34.4 Å². The maximum absolute atomic E-state index is 12.1. The van der Waals surface area contributed by atoms with Gasteiger partial charge in [-0.15, -0.1) is 11.8 Å². The summed E-state index contributed by atoms with van der Waals surface area (Å²) in [6, 6.07) is 3.78. The van der Waals surface area contributed by atoms with Gasteiger partial charge in [-0.3, -0.25) is 24.5 Å². The van der Waals surface area contributed by atoms with E-state index in [9.17, 15) is 24.5 Å². The molecule has 1 aliphatic rings. The third kappa shape index (κ3) is 5.95. The molecule has 1 aliphatic heterocycles. The lowest BCUT2D eigenvalue weighted by Crippen LogP contribution is -2.41. The van der Waals surface area contributed by atoms with Crippen molar-refractivity contribution in [3.63, 3.8) is 0 Å². The van der Waals surface area contributed by atoms with Crippen molar-refractivity contribution in [1.82, 2.24) is 4.90 Å². The van der Waals surface area contributed by atoms with E-state index in [2.05, 4.69) is 6.92 Å². The van der Waals surface area contributed by atoms with E-state index < -0.39 is 16.8 Å². The van der Waals surface area contributed by atoms with Crippen LogP contribution in [0.15, 0.2) is 23.1 Å². The minimum absolute atomic E-state index is 0.00924. The predicted molar refractivity (Wildman–Crippen MR) is 98.3 cm³/mol. The van der Waals surface area contributed by atoms with Crippen molar-refractivity contribution in [2.75, 3.05) is 25.4 Å². The lowest BCUT2D eigenvalue weighted by atomic mass is 10.0. The number of hydrogen-bond acceptors (Lipinski definition) is 7. The number of piperidine rings is 1. The maximum atomic E-state index is 12.1. The number of esters is 1. The standard InChI is InChI=1S/C17H21N3O6S/c1-11-3-2-6-19(8-11)15(21)9-26-16(22)10-27-14-5-4-12(17(18)23)7-13(14)20(24)25/h4-5,7,11H,2-3,6,8-10H2,1H3,(H2,18,23)/t11-/m0/s1. The van der Waals surface area contributed by atoms with Gasteiger partial charge < -0.3 is 15.4 Å². The second-order valence-corrected chi connectivity index (χ2v) is 7.36. The number of hydrogen-bond donors (Lipinski definition) is 1. The van der Waals surface area contributed by atoms with Gasteiger partial charge in [0.05, 0.1) is 15.6 Å². The van der Waals surface area contributed by atoms with Gasteiger partial charge in [0.15, 0.2) is 6.61 Å². The van der Waals surface area contributed by atoms with Crippen LogP contribution in [0.4, 0.5) is 5.69 Å². The highest BCUT2D eigenvalue weighted by molar-refractivity contribution is 8.00. The van der Waals surface area contributed by atoms with E-state index in [1.54, 1.807) is 4.90 Å². The minimum atomic E-state index is -0.778. The van der Waals surface area contributed by atoms with Gasteiger partial charge in [0, 0.05) is 24.7 Å². The lowest BCUT2D eigenvalue weighted by Gasteiger charge is -2.30. The Bertz CT molecular complexity index is 754. The number of carbonyl (C=O) groups is 3. The second-order valence-electron chi connectivity index (χ2n) is 6.34. The smallest absolute Gasteiger partial charge is 0.316 e. The van der Waals surface area contributed by atoms with E-state index in [1.165, 1.54) is 12.1 Å². The van der Waals surface area contributed by atoms with Crippen molar-refractivity contribution in [2.24, 2.45) is 11.7 Å². The zero-order chi connectivity index (χ0) is 20.0. The van der Waals surface area contributed by atoms with Crippen molar-refractivity contribution in [3.8, 4) is 0 Å². The second kappa shape index (κ2) is 9.36. The summed E-state index contributed by atoms with van der Waals surface area (Å²) in [7, 11) is 0. The van der Waals surface area contributed by atoms with Gasteiger partial charge in [0.25, 0.3) is 11.6 Å². The normalized spacial score (nSPS) is 16.6. The number of nitrogens with two attached hydrogens (primary N) is 1. The fourth-order valence-electron chi connectivity index (χ4n) is 2.76. The van der Waals surface area contributed by atoms with Crippen molar-refractivity contribution < 1.29 is 24.0 Å². The molecule has 0 spiro atoms. The van der Waals surface area contributed by atoms with Crippen molar-refractivity contribution in [3.05, 3.63) is 33.9 Å². The molecule has 1 heterocycles. The van der Waals surface area contributed by atoms with Crippen LogP contribution in [0.1, 0.15) is 30.1 Å². The summed E-state index contributed by atoms with van der Waals surface area (Å²) in [5.41, 5.74) is 4.81. The number of nitro groups is 1. The monoisotopic (exact) mass is 395 g/mol. The van der Waals surface area contributed by atoms with E-state index in [4.69, 9.17) is 10.5 Å². The Morgan fingerprint density at radius 1 is 1.41 bits per heavy atom. The summed E-state index contributed by atoms with van der Waals surface area (Å²) in [6.07, 6.45) is 2.01. The number of rotatable bonds is 7. The number of carbonyl (C=O) groups excluding carboxylic acids is 3. The molecule has 1 saturated heterocycles. The topological polar surface area (TPSA) is 133 Å². The van der Waals surface area contributed by atoms with E-state index in [0.717, 1.165) is 30.7 Å². The van der Waals surface area contributed by atoms with Crippen LogP contribution in [-0.4, -0.2) is 53.1 Å². The van der Waals surface area contributed by atoms with Crippen LogP contribution in [0.25, 0.3) is 0 Å². The maximum Gasteiger partial charge on any atom is 0.316 e. The van der Waals surface area contributed by atoms with Gasteiger partial charge in [0.1, 0.15) is 0 Å². The molecule has 10 heteroatoms. The molecule has 0 radical (unpaired) electrons. The molecular weight excluding hydrogens is 374 g/mol. The minimum Gasteiger partial charge on any atom is -0.455 e. The van der Waals surface area contributed by atoms with E-state index in [1.807, 2.05) is 0 Å². The predicted octanol–water partition coefficient (Wildman–Crippen LogP) is 1.59. The Morgan fingerprint density at radius 2 is 2.15 bits per heavy atom. The first-order valence-electron chi connectivity index (χ1n) is 8.42. The number of nitrogens with zero attached hydrogens (tertiary/aromatic N) is 2. The van der Waals surface area contributed by atoms with Gasteiger partial charge in [-0.2, -0.15) is 0 Å².